The molecule has 1 N–H and O–H groups in total. The number of anilines is 1. The molecule has 0 aliphatic carbocycles. The van der Waals surface area contributed by atoms with E-state index in [-0.39, 0.29) is 40.7 Å². The summed E-state index contributed by atoms with van der Waals surface area (Å²) in [5.74, 6) is -0.631. The number of alkyl halides is 3. The van der Waals surface area contributed by atoms with Crippen molar-refractivity contribution >= 4 is 41.3 Å². The van der Waals surface area contributed by atoms with Crippen LogP contribution >= 0.6 is 30.3 Å². The van der Waals surface area contributed by atoms with E-state index >= 15 is 0 Å². The molecule has 0 aliphatic rings. The van der Waals surface area contributed by atoms with Gasteiger partial charge in [0.05, 0.1) is 24.3 Å². The molecule has 7 nitrogen and oxygen atoms in total. The zero-order valence-corrected chi connectivity index (χ0v) is 16.2. The van der Waals surface area contributed by atoms with Crippen LogP contribution in [0.2, 0.25) is 0 Å². The minimum atomic E-state index is -4.61. The molecule has 0 unspecified atom stereocenters. The molecule has 2 aromatic rings. The summed E-state index contributed by atoms with van der Waals surface area (Å²) in [6.45, 7) is 3.82. The second-order valence-corrected chi connectivity index (χ2v) is 8.94. The van der Waals surface area contributed by atoms with E-state index in [2.05, 4.69) is 15.5 Å². The van der Waals surface area contributed by atoms with Crippen molar-refractivity contribution in [2.24, 2.45) is 0 Å². The summed E-state index contributed by atoms with van der Waals surface area (Å²) >= 11 is 1.27. The Kier molecular flexibility index (Phi) is 6.92. The first-order valence-corrected chi connectivity index (χ1v) is 10.7. The predicted molar refractivity (Wildman–Crippen MR) is 91.7 cm³/mol. The highest BCUT2D eigenvalue weighted by Gasteiger charge is 2.36. The van der Waals surface area contributed by atoms with Crippen LogP contribution in [0.1, 0.15) is 33.4 Å². The van der Waals surface area contributed by atoms with E-state index in [4.69, 9.17) is 9.05 Å². The molecule has 2 rings (SSSR count). The summed E-state index contributed by atoms with van der Waals surface area (Å²) in [5, 5.41) is 7.15. The Morgan fingerprint density at radius 3 is 2.38 bits per heavy atom. The Hall–Kier alpha value is -1.33. The van der Waals surface area contributed by atoms with Gasteiger partial charge in [0.1, 0.15) is 0 Å². The largest absolute Gasteiger partial charge is 0.445 e. The van der Waals surface area contributed by atoms with Crippen molar-refractivity contribution in [2.75, 3.05) is 18.5 Å². The first-order valence-electron chi connectivity index (χ1n) is 7.35. The highest BCUT2D eigenvalue weighted by Crippen LogP contribution is 2.52. The van der Waals surface area contributed by atoms with Crippen molar-refractivity contribution in [3.8, 4) is 0 Å². The molecular weight excluding hydrogens is 414 g/mol. The average molecular weight is 429 g/mol. The average Bonchev–Trinajstić information content (AvgIpc) is 3.16. The van der Waals surface area contributed by atoms with Gasteiger partial charge in [-0.1, -0.05) is 11.3 Å². The van der Waals surface area contributed by atoms with Crippen molar-refractivity contribution in [1.29, 1.82) is 0 Å². The van der Waals surface area contributed by atoms with E-state index < -0.39 is 24.7 Å². The summed E-state index contributed by atoms with van der Waals surface area (Å²) in [6, 6.07) is 3.06. The van der Waals surface area contributed by atoms with Crippen molar-refractivity contribution in [1.82, 2.24) is 10.2 Å². The Labute approximate surface area is 155 Å². The van der Waals surface area contributed by atoms with E-state index in [9.17, 15) is 22.5 Å². The summed E-state index contributed by atoms with van der Waals surface area (Å²) in [5.41, 5.74) is 0. The summed E-state index contributed by atoms with van der Waals surface area (Å²) in [4.78, 5) is 12.9. The molecule has 0 atom stereocenters. The van der Waals surface area contributed by atoms with Gasteiger partial charge in [0.15, 0.2) is 0 Å². The van der Waals surface area contributed by atoms with Crippen molar-refractivity contribution in [3.63, 3.8) is 0 Å². The normalized spacial score (nSPS) is 12.3. The molecule has 2 aromatic heterocycles. The van der Waals surface area contributed by atoms with E-state index in [1.54, 1.807) is 19.9 Å². The Morgan fingerprint density at radius 1 is 1.19 bits per heavy atom. The van der Waals surface area contributed by atoms with Gasteiger partial charge in [0.2, 0.25) is 10.1 Å². The van der Waals surface area contributed by atoms with Crippen LogP contribution in [0.4, 0.5) is 18.3 Å². The molecule has 0 aliphatic heterocycles. The number of carbonyl (C=O) groups excluding carboxylic acids is 1. The van der Waals surface area contributed by atoms with Crippen molar-refractivity contribution in [3.05, 3.63) is 26.9 Å². The van der Waals surface area contributed by atoms with Gasteiger partial charge in [0, 0.05) is 4.88 Å². The molecule has 2 heterocycles. The number of aromatic nitrogens is 2. The lowest BCUT2D eigenvalue weighted by Gasteiger charge is -2.15. The van der Waals surface area contributed by atoms with Gasteiger partial charge in [-0.3, -0.25) is 14.7 Å². The fourth-order valence-electron chi connectivity index (χ4n) is 1.84. The number of hydrogen-bond acceptors (Lipinski definition) is 8. The molecule has 0 saturated heterocycles. The first kappa shape index (κ1) is 21.0. The predicted octanol–water partition coefficient (Wildman–Crippen LogP) is 4.64. The third-order valence-electron chi connectivity index (χ3n) is 2.77. The molecule has 0 spiro atoms. The topological polar surface area (TPSA) is 90.4 Å². The Morgan fingerprint density at radius 2 is 1.85 bits per heavy atom. The molecule has 0 fully saturated rings. The number of nitrogens with zero attached hydrogens (tertiary/aromatic N) is 2. The van der Waals surface area contributed by atoms with Gasteiger partial charge >= 0.3 is 13.8 Å². The van der Waals surface area contributed by atoms with Gasteiger partial charge in [0.25, 0.3) is 5.91 Å². The number of rotatable bonds is 8. The summed E-state index contributed by atoms with van der Waals surface area (Å²) in [7, 11) is -3.31. The zero-order chi connectivity index (χ0) is 19.4. The third kappa shape index (κ3) is 5.58. The monoisotopic (exact) mass is 429 g/mol. The highest BCUT2D eigenvalue weighted by atomic mass is 32.1. The van der Waals surface area contributed by atoms with Crippen molar-refractivity contribution in [2.45, 2.75) is 26.2 Å². The van der Waals surface area contributed by atoms with Crippen LogP contribution < -0.4 is 5.32 Å². The van der Waals surface area contributed by atoms with Gasteiger partial charge in [-0.2, -0.15) is 13.2 Å². The Balaban J connectivity index is 2.05. The van der Waals surface area contributed by atoms with Crippen LogP contribution in [-0.4, -0.2) is 29.3 Å². The van der Waals surface area contributed by atoms with Gasteiger partial charge < -0.3 is 9.05 Å². The number of nitrogens with one attached hydrogen (secondary N) is 1. The molecule has 144 valence electrons. The van der Waals surface area contributed by atoms with E-state index in [0.717, 1.165) is 11.3 Å². The van der Waals surface area contributed by atoms with Crippen molar-refractivity contribution < 1.29 is 31.6 Å². The van der Waals surface area contributed by atoms with Crippen LogP contribution in [0.25, 0.3) is 0 Å². The zero-order valence-electron chi connectivity index (χ0n) is 13.7. The lowest BCUT2D eigenvalue weighted by molar-refractivity contribution is -0.138. The summed E-state index contributed by atoms with van der Waals surface area (Å²) < 4.78 is 60.4. The number of halogens is 3. The Bertz CT molecular complexity index is 799. The lowest BCUT2D eigenvalue weighted by atomic mass is 10.4. The number of carbonyl (C=O) groups is 1. The molecule has 0 radical (unpaired) electrons. The SMILES string of the molecule is CCOP(=O)(Cc1ccc(C(=O)Nc2nnc(C(F)(F)F)s2)s1)OCC. The molecule has 0 bridgehead atoms. The van der Waals surface area contributed by atoms with E-state index in [1.165, 1.54) is 6.07 Å². The van der Waals surface area contributed by atoms with Crippen LogP contribution in [0.15, 0.2) is 12.1 Å². The summed E-state index contributed by atoms with van der Waals surface area (Å²) in [6.07, 6.45) is -4.61. The fraction of sp³-hybridized carbons (Fsp3) is 0.462. The van der Waals surface area contributed by atoms with Crippen LogP contribution in [0.5, 0.6) is 0 Å². The molecule has 26 heavy (non-hydrogen) atoms. The van der Waals surface area contributed by atoms with Gasteiger partial charge in [-0.15, -0.1) is 21.5 Å². The lowest BCUT2D eigenvalue weighted by Crippen LogP contribution is -2.09. The third-order valence-corrected chi connectivity index (χ3v) is 6.99. The number of thiophene rings is 1. The van der Waals surface area contributed by atoms with Gasteiger partial charge in [-0.25, -0.2) is 0 Å². The minimum Gasteiger partial charge on any atom is -0.309 e. The van der Waals surface area contributed by atoms with Gasteiger partial charge in [-0.05, 0) is 26.0 Å². The number of amides is 1. The van der Waals surface area contributed by atoms with E-state index in [1.807, 2.05) is 0 Å². The molecule has 13 heteroatoms. The fourth-order valence-corrected chi connectivity index (χ4v) is 5.41. The minimum absolute atomic E-state index is 0.00363. The first-order chi connectivity index (χ1) is 12.2. The molecule has 1 amide bonds. The standard InChI is InChI=1S/C13H15F3N3O4PS2/c1-3-22-24(21,23-4-2)7-8-5-6-9(25-8)10(20)17-12-19-18-11(26-12)13(14,15)16/h5-6H,3-4,7H2,1-2H3,(H,17,19,20). The van der Waals surface area contributed by atoms with E-state index in [0.29, 0.717) is 4.88 Å². The molecule has 0 aromatic carbocycles. The second-order valence-electron chi connectivity index (χ2n) is 4.73. The quantitative estimate of drug-likeness (QED) is 0.615. The maximum Gasteiger partial charge on any atom is 0.445 e. The van der Waals surface area contributed by atoms with Crippen LogP contribution in [0.3, 0.4) is 0 Å². The maximum atomic E-state index is 12.5. The maximum absolute atomic E-state index is 12.5. The smallest absolute Gasteiger partial charge is 0.309 e. The van der Waals surface area contributed by atoms with Crippen LogP contribution in [-0.2, 0) is 26.0 Å². The number of hydrogen-bond donors (Lipinski definition) is 1. The second kappa shape index (κ2) is 8.57. The molecular formula is C13H15F3N3O4PS2. The molecule has 0 saturated carbocycles. The highest BCUT2D eigenvalue weighted by molar-refractivity contribution is 7.53. The van der Waals surface area contributed by atoms with Crippen LogP contribution in [0, 0.1) is 0 Å².